The van der Waals surface area contributed by atoms with Crippen molar-refractivity contribution in [1.82, 2.24) is 9.97 Å². The number of nitrogens with zero attached hydrogens (tertiary/aromatic N) is 3. The molecule has 1 aliphatic rings. The summed E-state index contributed by atoms with van der Waals surface area (Å²) in [5, 5.41) is 11.7. The summed E-state index contributed by atoms with van der Waals surface area (Å²) in [5.41, 5.74) is 2.44. The van der Waals surface area contributed by atoms with Gasteiger partial charge in [0.25, 0.3) is 5.91 Å². The molecule has 0 spiro atoms. The van der Waals surface area contributed by atoms with Crippen molar-refractivity contribution in [2.45, 2.75) is 13.0 Å². The van der Waals surface area contributed by atoms with Gasteiger partial charge in [-0.1, -0.05) is 48.5 Å². The maximum absolute atomic E-state index is 13.9. The molecule has 0 saturated heterocycles. The Bertz CT molecular complexity index is 1450. The van der Waals surface area contributed by atoms with Gasteiger partial charge in [0.05, 0.1) is 35.0 Å². The summed E-state index contributed by atoms with van der Waals surface area (Å²) < 4.78 is 5.47. The van der Waals surface area contributed by atoms with Crippen molar-refractivity contribution in [3.8, 4) is 16.3 Å². The van der Waals surface area contributed by atoms with Crippen molar-refractivity contribution in [2.24, 2.45) is 0 Å². The molecule has 35 heavy (non-hydrogen) atoms. The Labute approximate surface area is 206 Å². The SMILES string of the molecule is COc1ccccc1N1C(=O)C(O)=C(C(=O)c2sc(-c3ccccc3)nc2C)C1c1cccnc1. The molecule has 2 aromatic carbocycles. The van der Waals surface area contributed by atoms with Crippen molar-refractivity contribution < 1.29 is 19.4 Å². The van der Waals surface area contributed by atoms with Gasteiger partial charge >= 0.3 is 0 Å². The van der Waals surface area contributed by atoms with Gasteiger partial charge in [-0.25, -0.2) is 4.98 Å². The zero-order chi connectivity index (χ0) is 24.5. The fourth-order valence-electron chi connectivity index (χ4n) is 4.20. The second-order valence-corrected chi connectivity index (χ2v) is 8.93. The van der Waals surface area contributed by atoms with E-state index >= 15 is 0 Å². The fraction of sp³-hybridized carbons (Fsp3) is 0.111. The molecule has 1 amide bonds. The molecule has 0 aliphatic carbocycles. The van der Waals surface area contributed by atoms with Crippen LogP contribution in [0, 0.1) is 6.92 Å². The predicted octanol–water partition coefficient (Wildman–Crippen LogP) is 5.31. The number of aryl methyl sites for hydroxylation is 1. The van der Waals surface area contributed by atoms with Crippen molar-refractivity contribution >= 4 is 28.7 Å². The Balaban J connectivity index is 1.64. The van der Waals surface area contributed by atoms with Crippen molar-refractivity contribution in [2.75, 3.05) is 12.0 Å². The normalized spacial score (nSPS) is 15.5. The Morgan fingerprint density at radius 1 is 1.06 bits per heavy atom. The fourth-order valence-corrected chi connectivity index (χ4v) is 5.23. The number of carbonyl (C=O) groups excluding carboxylic acids is 2. The quantitative estimate of drug-likeness (QED) is 0.374. The molecule has 3 heterocycles. The number of amides is 1. The first-order valence-corrected chi connectivity index (χ1v) is 11.7. The van der Waals surface area contributed by atoms with Crippen LogP contribution in [0.1, 0.15) is 27.0 Å². The summed E-state index contributed by atoms with van der Waals surface area (Å²) in [6.07, 6.45) is 3.19. The molecule has 0 radical (unpaired) electrons. The number of ether oxygens (including phenoxy) is 1. The van der Waals surface area contributed by atoms with E-state index in [9.17, 15) is 14.7 Å². The van der Waals surface area contributed by atoms with Crippen LogP contribution < -0.4 is 9.64 Å². The lowest BCUT2D eigenvalue weighted by Crippen LogP contribution is -2.31. The third kappa shape index (κ3) is 3.87. The van der Waals surface area contributed by atoms with E-state index in [2.05, 4.69) is 9.97 Å². The van der Waals surface area contributed by atoms with Gasteiger partial charge in [0.2, 0.25) is 5.78 Å². The molecular formula is C27H21N3O4S. The van der Waals surface area contributed by atoms with Gasteiger partial charge < -0.3 is 9.84 Å². The molecule has 0 saturated carbocycles. The molecule has 4 aromatic rings. The molecule has 5 rings (SSSR count). The smallest absolute Gasteiger partial charge is 0.294 e. The number of Topliss-reactive ketones (excluding diaryl/α,β-unsaturated/α-hetero) is 1. The van der Waals surface area contributed by atoms with Gasteiger partial charge in [-0.15, -0.1) is 11.3 Å². The van der Waals surface area contributed by atoms with Gasteiger partial charge in [0.15, 0.2) is 5.76 Å². The molecule has 1 unspecified atom stereocenters. The third-order valence-corrected chi connectivity index (χ3v) is 7.03. The minimum atomic E-state index is -0.887. The first-order chi connectivity index (χ1) is 17.0. The number of aliphatic hydroxyl groups excluding tert-OH is 1. The molecular weight excluding hydrogens is 462 g/mol. The summed E-state index contributed by atoms with van der Waals surface area (Å²) >= 11 is 1.24. The number of benzene rings is 2. The van der Waals surface area contributed by atoms with E-state index in [1.54, 1.807) is 55.7 Å². The number of hydrogen-bond acceptors (Lipinski definition) is 7. The standard InChI is InChI=1S/C27H21N3O4S/c1-16-25(35-26(29-16)17-9-4-3-5-10-17)23(31)21-22(18-11-8-14-28-15-18)30(27(33)24(21)32)19-12-6-7-13-20(19)34-2/h3-15,22,32H,1-2H3. The lowest BCUT2D eigenvalue weighted by molar-refractivity contribution is -0.117. The second kappa shape index (κ2) is 9.15. The first-order valence-electron chi connectivity index (χ1n) is 10.9. The molecule has 1 N–H and O–H groups in total. The van der Waals surface area contributed by atoms with Gasteiger partial charge in [0, 0.05) is 18.0 Å². The number of ketones is 1. The van der Waals surface area contributed by atoms with Gasteiger partial charge in [0.1, 0.15) is 10.8 Å². The summed E-state index contributed by atoms with van der Waals surface area (Å²) in [5.74, 6) is -1.28. The van der Waals surface area contributed by atoms with Gasteiger partial charge in [-0.2, -0.15) is 0 Å². The number of carbonyl (C=O) groups is 2. The average Bonchev–Trinajstić information content (AvgIpc) is 3.42. The molecule has 1 aliphatic heterocycles. The summed E-state index contributed by atoms with van der Waals surface area (Å²) in [4.78, 5) is 37.8. The number of hydrogen-bond donors (Lipinski definition) is 1. The van der Waals surface area contributed by atoms with Crippen molar-refractivity contribution in [3.05, 3.63) is 107 Å². The molecule has 7 nitrogen and oxygen atoms in total. The van der Waals surface area contributed by atoms with Crippen LogP contribution in [0.25, 0.3) is 10.6 Å². The van der Waals surface area contributed by atoms with Crippen LogP contribution in [0.5, 0.6) is 5.75 Å². The van der Waals surface area contributed by atoms with E-state index in [1.807, 2.05) is 30.3 Å². The number of aliphatic hydroxyl groups is 1. The monoisotopic (exact) mass is 483 g/mol. The molecule has 0 fully saturated rings. The molecule has 8 heteroatoms. The van der Waals surface area contributed by atoms with E-state index in [1.165, 1.54) is 23.3 Å². The number of methoxy groups -OCH3 is 1. The average molecular weight is 484 g/mol. The van der Waals surface area contributed by atoms with E-state index in [4.69, 9.17) is 4.74 Å². The summed E-state index contributed by atoms with van der Waals surface area (Å²) in [6, 6.07) is 19.2. The summed E-state index contributed by atoms with van der Waals surface area (Å²) in [6.45, 7) is 1.75. The lowest BCUT2D eigenvalue weighted by Gasteiger charge is -2.27. The summed E-state index contributed by atoms with van der Waals surface area (Å²) in [7, 11) is 1.50. The highest BCUT2D eigenvalue weighted by atomic mass is 32.1. The van der Waals surface area contributed by atoms with E-state index in [0.29, 0.717) is 32.6 Å². The van der Waals surface area contributed by atoms with Crippen LogP contribution in [0.4, 0.5) is 5.69 Å². The largest absolute Gasteiger partial charge is 0.503 e. The number of anilines is 1. The van der Waals surface area contributed by atoms with Crippen LogP contribution in [-0.2, 0) is 4.79 Å². The lowest BCUT2D eigenvalue weighted by atomic mass is 9.96. The predicted molar refractivity (Wildman–Crippen MR) is 134 cm³/mol. The minimum Gasteiger partial charge on any atom is -0.503 e. The highest BCUT2D eigenvalue weighted by Gasteiger charge is 2.46. The Hall–Kier alpha value is -4.30. The van der Waals surface area contributed by atoms with Crippen LogP contribution in [-0.4, -0.2) is 33.9 Å². The first kappa shape index (κ1) is 22.5. The highest BCUT2D eigenvalue weighted by Crippen LogP contribution is 2.45. The van der Waals surface area contributed by atoms with Gasteiger partial charge in [-0.05, 0) is 30.7 Å². The van der Waals surface area contributed by atoms with Crippen LogP contribution >= 0.6 is 11.3 Å². The minimum absolute atomic E-state index is 0.0136. The van der Waals surface area contributed by atoms with Crippen molar-refractivity contribution in [3.63, 3.8) is 0 Å². The van der Waals surface area contributed by atoms with Crippen molar-refractivity contribution in [1.29, 1.82) is 0 Å². The number of thiazole rings is 1. The number of aromatic nitrogens is 2. The molecule has 2 aromatic heterocycles. The Morgan fingerprint density at radius 2 is 1.80 bits per heavy atom. The number of pyridine rings is 1. The Morgan fingerprint density at radius 3 is 2.51 bits per heavy atom. The molecule has 1 atom stereocenters. The Kier molecular flexibility index (Phi) is 5.88. The van der Waals surface area contributed by atoms with E-state index in [0.717, 1.165) is 5.56 Å². The van der Waals surface area contributed by atoms with Gasteiger partial charge in [-0.3, -0.25) is 19.5 Å². The topological polar surface area (TPSA) is 92.6 Å². The maximum Gasteiger partial charge on any atom is 0.294 e. The van der Waals surface area contributed by atoms with Crippen LogP contribution in [0.15, 0.2) is 90.5 Å². The molecule has 174 valence electrons. The zero-order valence-electron chi connectivity index (χ0n) is 19.0. The zero-order valence-corrected chi connectivity index (χ0v) is 19.8. The van der Waals surface area contributed by atoms with Crippen LogP contribution in [0.3, 0.4) is 0 Å². The second-order valence-electron chi connectivity index (χ2n) is 7.93. The maximum atomic E-state index is 13.9. The van der Waals surface area contributed by atoms with E-state index in [-0.39, 0.29) is 5.57 Å². The number of para-hydroxylation sites is 2. The van der Waals surface area contributed by atoms with Crippen LogP contribution in [0.2, 0.25) is 0 Å². The van der Waals surface area contributed by atoms with E-state index < -0.39 is 23.5 Å². The number of rotatable bonds is 6. The molecule has 0 bridgehead atoms. The highest BCUT2D eigenvalue weighted by molar-refractivity contribution is 7.17. The third-order valence-electron chi connectivity index (χ3n) is 5.82.